The van der Waals surface area contributed by atoms with Gasteiger partial charge in [-0.3, -0.25) is 4.79 Å². The zero-order valence-corrected chi connectivity index (χ0v) is 17.7. The molecule has 0 aliphatic carbocycles. The summed E-state index contributed by atoms with van der Waals surface area (Å²) in [6.45, 7) is 3.92. The predicted molar refractivity (Wildman–Crippen MR) is 114 cm³/mol. The Morgan fingerprint density at radius 1 is 1.10 bits per heavy atom. The number of benzene rings is 2. The van der Waals surface area contributed by atoms with E-state index in [1.807, 2.05) is 74.0 Å². The van der Waals surface area contributed by atoms with Gasteiger partial charge in [0, 0.05) is 12.7 Å². The summed E-state index contributed by atoms with van der Waals surface area (Å²) in [5.74, 6) is 2.32. The number of ether oxygens (including phenoxy) is 2. The smallest absolute Gasteiger partial charge is 0.234 e. The van der Waals surface area contributed by atoms with Gasteiger partial charge in [-0.15, -0.1) is 10.2 Å². The number of nitrogens with zero attached hydrogens (tertiary/aromatic N) is 3. The van der Waals surface area contributed by atoms with E-state index in [1.54, 1.807) is 7.11 Å². The molecule has 0 aliphatic rings. The predicted octanol–water partition coefficient (Wildman–Crippen LogP) is 4.00. The van der Waals surface area contributed by atoms with E-state index in [4.69, 9.17) is 9.47 Å². The molecule has 1 heterocycles. The van der Waals surface area contributed by atoms with Gasteiger partial charge in [0.1, 0.15) is 11.5 Å². The second-order valence-electron chi connectivity index (χ2n) is 6.54. The van der Waals surface area contributed by atoms with Crippen molar-refractivity contribution < 1.29 is 14.3 Å². The van der Waals surface area contributed by atoms with Gasteiger partial charge in [-0.2, -0.15) is 0 Å². The second kappa shape index (κ2) is 9.47. The van der Waals surface area contributed by atoms with E-state index in [0.29, 0.717) is 16.7 Å². The highest BCUT2D eigenvalue weighted by Crippen LogP contribution is 2.25. The van der Waals surface area contributed by atoms with Crippen molar-refractivity contribution in [3.63, 3.8) is 0 Å². The first-order chi connectivity index (χ1) is 14.0. The lowest BCUT2D eigenvalue weighted by Gasteiger charge is -2.14. The number of thioether (sulfide) groups is 1. The maximum Gasteiger partial charge on any atom is 0.234 e. The first kappa shape index (κ1) is 20.7. The van der Waals surface area contributed by atoms with E-state index >= 15 is 0 Å². The van der Waals surface area contributed by atoms with Crippen molar-refractivity contribution in [2.24, 2.45) is 7.05 Å². The molecule has 0 saturated carbocycles. The number of methoxy groups -OCH3 is 1. The summed E-state index contributed by atoms with van der Waals surface area (Å²) < 4.78 is 12.9. The molecule has 1 amide bonds. The van der Waals surface area contributed by atoms with E-state index in [0.717, 1.165) is 17.0 Å². The van der Waals surface area contributed by atoms with Crippen molar-refractivity contribution >= 4 is 23.4 Å². The Labute approximate surface area is 174 Å². The van der Waals surface area contributed by atoms with Crippen LogP contribution in [-0.2, 0) is 11.8 Å². The van der Waals surface area contributed by atoms with Crippen LogP contribution in [0.25, 0.3) is 0 Å². The van der Waals surface area contributed by atoms with Crippen LogP contribution >= 0.6 is 11.8 Å². The SMILES string of the molecule is COc1ccc(OC(C)c2nnc(SCC(=O)Nc3ccc(C)cc3)n2C)cc1. The fourth-order valence-electron chi connectivity index (χ4n) is 2.68. The van der Waals surface area contributed by atoms with Crippen molar-refractivity contribution in [1.82, 2.24) is 14.8 Å². The number of rotatable bonds is 8. The van der Waals surface area contributed by atoms with Crippen LogP contribution in [0.5, 0.6) is 11.5 Å². The molecule has 3 aromatic rings. The number of hydrogen-bond donors (Lipinski definition) is 1. The minimum Gasteiger partial charge on any atom is -0.497 e. The highest BCUT2D eigenvalue weighted by molar-refractivity contribution is 7.99. The van der Waals surface area contributed by atoms with Gasteiger partial charge >= 0.3 is 0 Å². The van der Waals surface area contributed by atoms with E-state index in [1.165, 1.54) is 11.8 Å². The number of carbonyl (C=O) groups is 1. The third kappa shape index (κ3) is 5.51. The molecule has 0 saturated heterocycles. The van der Waals surface area contributed by atoms with Crippen LogP contribution in [0.1, 0.15) is 24.4 Å². The first-order valence-electron chi connectivity index (χ1n) is 9.15. The molecule has 1 aromatic heterocycles. The summed E-state index contributed by atoms with van der Waals surface area (Å²) in [6, 6.07) is 15.1. The molecule has 3 rings (SSSR count). The molecular formula is C21H24N4O3S. The lowest BCUT2D eigenvalue weighted by Crippen LogP contribution is -2.14. The second-order valence-corrected chi connectivity index (χ2v) is 7.48. The summed E-state index contributed by atoms with van der Waals surface area (Å²) >= 11 is 1.33. The van der Waals surface area contributed by atoms with Gasteiger partial charge in [0.2, 0.25) is 5.91 Å². The zero-order valence-electron chi connectivity index (χ0n) is 16.9. The fourth-order valence-corrected chi connectivity index (χ4v) is 3.40. The number of nitrogens with one attached hydrogen (secondary N) is 1. The molecule has 0 aliphatic heterocycles. The minimum atomic E-state index is -0.295. The van der Waals surface area contributed by atoms with Gasteiger partial charge in [-0.25, -0.2) is 0 Å². The third-order valence-corrected chi connectivity index (χ3v) is 5.29. The summed E-state index contributed by atoms with van der Waals surface area (Å²) in [5.41, 5.74) is 1.93. The molecule has 1 unspecified atom stereocenters. The van der Waals surface area contributed by atoms with E-state index < -0.39 is 0 Å². The molecule has 1 N–H and O–H groups in total. The number of anilines is 1. The minimum absolute atomic E-state index is 0.0917. The van der Waals surface area contributed by atoms with E-state index in [9.17, 15) is 4.79 Å². The molecule has 7 nitrogen and oxygen atoms in total. The summed E-state index contributed by atoms with van der Waals surface area (Å²) in [7, 11) is 3.49. The normalized spacial score (nSPS) is 11.7. The fraction of sp³-hybridized carbons (Fsp3) is 0.286. The largest absolute Gasteiger partial charge is 0.497 e. The van der Waals surface area contributed by atoms with Gasteiger partial charge in [-0.05, 0) is 50.2 Å². The average Bonchev–Trinajstić information content (AvgIpc) is 3.09. The quantitative estimate of drug-likeness (QED) is 0.564. The zero-order chi connectivity index (χ0) is 20.8. The number of carbonyl (C=O) groups excluding carboxylic acids is 1. The van der Waals surface area contributed by atoms with Gasteiger partial charge in [0.25, 0.3) is 0 Å². The van der Waals surface area contributed by atoms with Gasteiger partial charge in [0.05, 0.1) is 12.9 Å². The Kier molecular flexibility index (Phi) is 6.77. The van der Waals surface area contributed by atoms with Gasteiger partial charge < -0.3 is 19.4 Å². The molecule has 152 valence electrons. The number of amides is 1. The average molecular weight is 413 g/mol. The molecule has 1 atom stereocenters. The lowest BCUT2D eigenvalue weighted by atomic mass is 10.2. The molecule has 0 radical (unpaired) electrons. The molecule has 2 aromatic carbocycles. The van der Waals surface area contributed by atoms with Crippen LogP contribution in [0.15, 0.2) is 53.7 Å². The highest BCUT2D eigenvalue weighted by Gasteiger charge is 2.18. The number of aryl methyl sites for hydroxylation is 1. The molecule has 8 heteroatoms. The molecule has 0 fully saturated rings. The van der Waals surface area contributed by atoms with Crippen LogP contribution in [0.3, 0.4) is 0 Å². The van der Waals surface area contributed by atoms with Crippen molar-refractivity contribution in [3.05, 3.63) is 59.9 Å². The summed E-state index contributed by atoms with van der Waals surface area (Å²) in [4.78, 5) is 12.2. The van der Waals surface area contributed by atoms with Crippen LogP contribution in [0.4, 0.5) is 5.69 Å². The highest BCUT2D eigenvalue weighted by atomic mass is 32.2. The van der Waals surface area contributed by atoms with Gasteiger partial charge in [0.15, 0.2) is 17.1 Å². The van der Waals surface area contributed by atoms with Crippen molar-refractivity contribution in [1.29, 1.82) is 0 Å². The molecule has 0 spiro atoms. The van der Waals surface area contributed by atoms with Gasteiger partial charge in [-0.1, -0.05) is 29.5 Å². The Balaban J connectivity index is 1.56. The maximum absolute atomic E-state index is 12.2. The Hall–Kier alpha value is -3.00. The van der Waals surface area contributed by atoms with E-state index in [2.05, 4.69) is 15.5 Å². The number of aromatic nitrogens is 3. The number of hydrogen-bond acceptors (Lipinski definition) is 6. The monoisotopic (exact) mass is 412 g/mol. The lowest BCUT2D eigenvalue weighted by molar-refractivity contribution is -0.113. The van der Waals surface area contributed by atoms with Crippen LogP contribution in [0.2, 0.25) is 0 Å². The standard InChI is InChI=1S/C21H24N4O3S/c1-14-5-7-16(8-6-14)22-19(26)13-29-21-24-23-20(25(21)3)15(2)28-18-11-9-17(27-4)10-12-18/h5-12,15H,13H2,1-4H3,(H,22,26). The third-order valence-electron chi connectivity index (χ3n) is 4.27. The molecule has 29 heavy (non-hydrogen) atoms. The van der Waals surface area contributed by atoms with E-state index in [-0.39, 0.29) is 17.8 Å². The van der Waals surface area contributed by atoms with Crippen molar-refractivity contribution in [2.75, 3.05) is 18.2 Å². The van der Waals surface area contributed by atoms with Crippen LogP contribution in [0, 0.1) is 6.92 Å². The van der Waals surface area contributed by atoms with Crippen molar-refractivity contribution in [2.45, 2.75) is 25.1 Å². The Morgan fingerprint density at radius 3 is 2.41 bits per heavy atom. The first-order valence-corrected chi connectivity index (χ1v) is 10.1. The van der Waals surface area contributed by atoms with Crippen LogP contribution in [-0.4, -0.2) is 33.5 Å². The summed E-state index contributed by atoms with van der Waals surface area (Å²) in [6.07, 6.45) is -0.295. The summed E-state index contributed by atoms with van der Waals surface area (Å²) in [5, 5.41) is 12.0. The maximum atomic E-state index is 12.2. The molecule has 0 bridgehead atoms. The Morgan fingerprint density at radius 2 is 1.76 bits per heavy atom. The topological polar surface area (TPSA) is 78.3 Å². The van der Waals surface area contributed by atoms with Crippen LogP contribution < -0.4 is 14.8 Å². The molecular weight excluding hydrogens is 388 g/mol. The Bertz CT molecular complexity index is 955. The van der Waals surface area contributed by atoms with Crippen molar-refractivity contribution in [3.8, 4) is 11.5 Å².